The molecule has 9 nitrogen and oxygen atoms in total. The fourth-order valence-corrected chi connectivity index (χ4v) is 2.85. The number of furan rings is 1. The molecule has 0 aliphatic carbocycles. The number of carbonyl (C=O) groups is 2. The summed E-state index contributed by atoms with van der Waals surface area (Å²) in [6.07, 6.45) is 1.50. The van der Waals surface area contributed by atoms with Crippen molar-refractivity contribution < 1.29 is 14.0 Å². The van der Waals surface area contributed by atoms with Crippen LogP contribution in [0, 0.1) is 6.92 Å². The highest BCUT2D eigenvalue weighted by atomic mass is 32.2. The summed E-state index contributed by atoms with van der Waals surface area (Å²) in [5.41, 5.74) is 1.95. The molecule has 1 aromatic carbocycles. The lowest BCUT2D eigenvalue weighted by atomic mass is 10.1. The largest absolute Gasteiger partial charge is 0.467 e. The SMILES string of the molecule is Cc1ccc(-c2nnc(SCC(=O)NC(=O)NCc3ccco3)n2N)cc1. The average molecular weight is 386 g/mol. The predicted molar refractivity (Wildman–Crippen MR) is 100 cm³/mol. The van der Waals surface area contributed by atoms with Gasteiger partial charge in [-0.2, -0.15) is 0 Å². The molecule has 0 radical (unpaired) electrons. The van der Waals surface area contributed by atoms with Gasteiger partial charge < -0.3 is 15.6 Å². The Kier molecular flexibility index (Phi) is 5.77. The van der Waals surface area contributed by atoms with E-state index in [0.717, 1.165) is 22.9 Å². The lowest BCUT2D eigenvalue weighted by Gasteiger charge is -2.06. The number of nitrogens with two attached hydrogens (primary N) is 1. The zero-order valence-corrected chi connectivity index (χ0v) is 15.3. The summed E-state index contributed by atoms with van der Waals surface area (Å²) in [6, 6.07) is 10.5. The third-order valence-electron chi connectivity index (χ3n) is 3.56. The number of nitrogens with zero attached hydrogens (tertiary/aromatic N) is 3. The number of imide groups is 1. The highest BCUT2D eigenvalue weighted by molar-refractivity contribution is 7.99. The van der Waals surface area contributed by atoms with Crippen LogP contribution in [0.3, 0.4) is 0 Å². The van der Waals surface area contributed by atoms with Crippen molar-refractivity contribution in [2.24, 2.45) is 0 Å². The number of amides is 3. The van der Waals surface area contributed by atoms with Gasteiger partial charge in [-0.3, -0.25) is 10.1 Å². The minimum absolute atomic E-state index is 0.0304. The Morgan fingerprint density at radius 2 is 2.00 bits per heavy atom. The van der Waals surface area contributed by atoms with Crippen LogP contribution in [0.25, 0.3) is 11.4 Å². The lowest BCUT2D eigenvalue weighted by molar-refractivity contribution is -0.117. The first-order valence-corrected chi connectivity index (χ1v) is 9.02. The molecule has 0 atom stereocenters. The first-order chi connectivity index (χ1) is 13.0. The molecule has 140 valence electrons. The number of nitrogens with one attached hydrogen (secondary N) is 2. The van der Waals surface area contributed by atoms with Crippen LogP contribution in [-0.2, 0) is 11.3 Å². The highest BCUT2D eigenvalue weighted by Crippen LogP contribution is 2.21. The topological polar surface area (TPSA) is 128 Å². The van der Waals surface area contributed by atoms with Crippen LogP contribution >= 0.6 is 11.8 Å². The Balaban J connectivity index is 1.50. The molecule has 0 bridgehead atoms. The first kappa shape index (κ1) is 18.5. The van der Waals surface area contributed by atoms with E-state index in [9.17, 15) is 9.59 Å². The van der Waals surface area contributed by atoms with E-state index in [-0.39, 0.29) is 12.3 Å². The van der Waals surface area contributed by atoms with Crippen molar-refractivity contribution in [1.29, 1.82) is 0 Å². The molecule has 4 N–H and O–H groups in total. The molecule has 0 aliphatic heterocycles. The summed E-state index contributed by atoms with van der Waals surface area (Å²) < 4.78 is 6.41. The standard InChI is InChI=1S/C17H18N6O3S/c1-11-4-6-12(7-5-11)15-21-22-17(23(15)18)27-10-14(24)20-16(25)19-9-13-3-2-8-26-13/h2-8H,9-10,18H2,1H3,(H2,19,20,24,25). The van der Waals surface area contributed by atoms with Gasteiger partial charge in [0.15, 0.2) is 5.82 Å². The maximum Gasteiger partial charge on any atom is 0.321 e. The second kappa shape index (κ2) is 8.41. The number of benzene rings is 1. The van der Waals surface area contributed by atoms with E-state index < -0.39 is 11.9 Å². The molecule has 0 unspecified atom stereocenters. The third kappa shape index (κ3) is 4.88. The van der Waals surface area contributed by atoms with Crippen LogP contribution in [0.4, 0.5) is 4.79 Å². The molecule has 0 saturated carbocycles. The maximum absolute atomic E-state index is 11.9. The quantitative estimate of drug-likeness (QED) is 0.434. The summed E-state index contributed by atoms with van der Waals surface area (Å²) in [5, 5.41) is 13.2. The maximum atomic E-state index is 11.9. The molecular formula is C17H18N6O3S. The van der Waals surface area contributed by atoms with Crippen molar-refractivity contribution in [2.75, 3.05) is 11.6 Å². The molecule has 3 rings (SSSR count). The number of nitrogen functional groups attached to an aromatic ring is 1. The summed E-state index contributed by atoms with van der Waals surface area (Å²) in [6.45, 7) is 2.18. The van der Waals surface area contributed by atoms with Gasteiger partial charge in [-0.15, -0.1) is 10.2 Å². The van der Waals surface area contributed by atoms with E-state index in [1.165, 1.54) is 10.9 Å². The van der Waals surface area contributed by atoms with Crippen molar-refractivity contribution in [2.45, 2.75) is 18.6 Å². The number of carbonyl (C=O) groups excluding carboxylic acids is 2. The minimum atomic E-state index is -0.605. The molecule has 0 aliphatic rings. The molecule has 0 fully saturated rings. The Hall–Kier alpha value is -3.27. The molecule has 3 amide bonds. The van der Waals surface area contributed by atoms with Crippen LogP contribution < -0.4 is 16.5 Å². The van der Waals surface area contributed by atoms with E-state index in [4.69, 9.17) is 10.3 Å². The Bertz CT molecular complexity index is 921. The summed E-state index contributed by atoms with van der Waals surface area (Å²) in [7, 11) is 0. The van der Waals surface area contributed by atoms with Crippen LogP contribution in [0.15, 0.2) is 52.2 Å². The molecule has 27 heavy (non-hydrogen) atoms. The van der Waals surface area contributed by atoms with E-state index in [1.54, 1.807) is 12.1 Å². The van der Waals surface area contributed by atoms with Gasteiger partial charge in [0.25, 0.3) is 0 Å². The monoisotopic (exact) mass is 386 g/mol. The molecule has 10 heteroatoms. The zero-order valence-electron chi connectivity index (χ0n) is 14.5. The number of rotatable bonds is 6. The number of hydrogen-bond donors (Lipinski definition) is 3. The van der Waals surface area contributed by atoms with E-state index in [2.05, 4.69) is 20.8 Å². The smallest absolute Gasteiger partial charge is 0.321 e. The predicted octanol–water partition coefficient (Wildman–Crippen LogP) is 1.68. The van der Waals surface area contributed by atoms with Crippen LogP contribution in [-0.4, -0.2) is 32.6 Å². The van der Waals surface area contributed by atoms with Gasteiger partial charge >= 0.3 is 6.03 Å². The number of thioether (sulfide) groups is 1. The Morgan fingerprint density at radius 1 is 1.22 bits per heavy atom. The average Bonchev–Trinajstić information content (AvgIpc) is 3.29. The van der Waals surface area contributed by atoms with E-state index in [1.807, 2.05) is 31.2 Å². The molecule has 0 saturated heterocycles. The Labute approximate surface area is 159 Å². The number of urea groups is 1. The van der Waals surface area contributed by atoms with Crippen molar-refractivity contribution in [3.63, 3.8) is 0 Å². The van der Waals surface area contributed by atoms with Crippen molar-refractivity contribution in [3.8, 4) is 11.4 Å². The van der Waals surface area contributed by atoms with E-state index in [0.29, 0.717) is 16.7 Å². The second-order valence-corrected chi connectivity index (χ2v) is 6.58. The second-order valence-electron chi connectivity index (χ2n) is 5.64. The number of aromatic nitrogens is 3. The van der Waals surface area contributed by atoms with Crippen molar-refractivity contribution in [1.82, 2.24) is 25.5 Å². The van der Waals surface area contributed by atoms with Gasteiger partial charge in [0.05, 0.1) is 18.6 Å². The van der Waals surface area contributed by atoms with Gasteiger partial charge in [0, 0.05) is 5.56 Å². The van der Waals surface area contributed by atoms with Crippen LogP contribution in [0.1, 0.15) is 11.3 Å². The molecular weight excluding hydrogens is 368 g/mol. The third-order valence-corrected chi connectivity index (χ3v) is 4.51. The highest BCUT2D eigenvalue weighted by Gasteiger charge is 2.15. The van der Waals surface area contributed by atoms with Crippen molar-refractivity contribution in [3.05, 3.63) is 54.0 Å². The van der Waals surface area contributed by atoms with Gasteiger partial charge in [-0.05, 0) is 19.1 Å². The lowest BCUT2D eigenvalue weighted by Crippen LogP contribution is -2.39. The fourth-order valence-electron chi connectivity index (χ4n) is 2.19. The van der Waals surface area contributed by atoms with Gasteiger partial charge in [-0.1, -0.05) is 41.6 Å². The van der Waals surface area contributed by atoms with Crippen molar-refractivity contribution >= 4 is 23.7 Å². The van der Waals surface area contributed by atoms with E-state index >= 15 is 0 Å². The number of aryl methyl sites for hydroxylation is 1. The fraction of sp³-hybridized carbons (Fsp3) is 0.176. The summed E-state index contributed by atoms with van der Waals surface area (Å²) >= 11 is 1.09. The molecule has 2 heterocycles. The van der Waals surface area contributed by atoms with Gasteiger partial charge in [0.2, 0.25) is 11.1 Å². The molecule has 2 aromatic heterocycles. The number of hydrogen-bond acceptors (Lipinski definition) is 7. The van der Waals surface area contributed by atoms with Gasteiger partial charge in [0.1, 0.15) is 5.76 Å². The first-order valence-electron chi connectivity index (χ1n) is 8.03. The molecule has 3 aromatic rings. The Morgan fingerprint density at radius 3 is 2.70 bits per heavy atom. The minimum Gasteiger partial charge on any atom is -0.467 e. The normalized spacial score (nSPS) is 10.6. The van der Waals surface area contributed by atoms with Crippen LogP contribution in [0.2, 0.25) is 0 Å². The zero-order chi connectivity index (χ0) is 19.2. The van der Waals surface area contributed by atoms with Gasteiger partial charge in [-0.25, -0.2) is 9.47 Å². The molecule has 0 spiro atoms. The summed E-state index contributed by atoms with van der Waals surface area (Å²) in [5.74, 6) is 6.59. The summed E-state index contributed by atoms with van der Waals surface area (Å²) in [4.78, 5) is 23.6. The van der Waals surface area contributed by atoms with Crippen LogP contribution in [0.5, 0.6) is 0 Å².